The van der Waals surface area contributed by atoms with E-state index >= 15 is 0 Å². The zero-order valence-corrected chi connectivity index (χ0v) is 10.2. The zero-order valence-electron chi connectivity index (χ0n) is 10.2. The second kappa shape index (κ2) is 10.2. The van der Waals surface area contributed by atoms with Gasteiger partial charge in [-0.05, 0) is 13.8 Å². The van der Waals surface area contributed by atoms with Gasteiger partial charge in [-0.2, -0.15) is 0 Å². The summed E-state index contributed by atoms with van der Waals surface area (Å²) < 4.78 is 14.6. The quantitative estimate of drug-likeness (QED) is 0.255. The molecule has 0 fully saturated rings. The van der Waals surface area contributed by atoms with E-state index in [9.17, 15) is 9.90 Å². The largest absolute Gasteiger partial charge is 0.430 e. The van der Waals surface area contributed by atoms with Crippen LogP contribution >= 0.6 is 0 Å². The van der Waals surface area contributed by atoms with Gasteiger partial charge in [-0.15, -0.1) is 0 Å². The molecule has 0 rings (SSSR count). The van der Waals surface area contributed by atoms with E-state index < -0.39 is 12.3 Å². The number of carbonyl (C=O) groups excluding carboxylic acids is 1. The number of ether oxygens (including phenoxy) is 3. The third-order valence-electron chi connectivity index (χ3n) is 1.87. The van der Waals surface area contributed by atoms with Gasteiger partial charge >= 0.3 is 5.97 Å². The Labute approximate surface area is 101 Å². The lowest BCUT2D eigenvalue weighted by Gasteiger charge is -2.12. The molecule has 1 atom stereocenters. The number of rotatable bonds is 9. The summed E-state index contributed by atoms with van der Waals surface area (Å²) in [7, 11) is 0. The summed E-state index contributed by atoms with van der Waals surface area (Å²) >= 11 is 0. The van der Waals surface area contributed by atoms with Gasteiger partial charge in [0.05, 0.1) is 26.4 Å². The molecule has 0 aliphatic carbocycles. The van der Waals surface area contributed by atoms with Gasteiger partial charge in [0.1, 0.15) is 6.61 Å². The van der Waals surface area contributed by atoms with Crippen molar-refractivity contribution in [2.24, 2.45) is 0 Å². The predicted molar refractivity (Wildman–Crippen MR) is 60.3 cm³/mol. The fourth-order valence-corrected chi connectivity index (χ4v) is 0.837. The molecule has 2 N–H and O–H groups in total. The highest BCUT2D eigenvalue weighted by molar-refractivity contribution is 5.87. The van der Waals surface area contributed by atoms with E-state index in [-0.39, 0.29) is 26.4 Å². The number of aliphatic hydroxyl groups is 2. The van der Waals surface area contributed by atoms with E-state index in [1.165, 1.54) is 0 Å². The van der Waals surface area contributed by atoms with Crippen LogP contribution in [0.15, 0.2) is 11.6 Å². The monoisotopic (exact) mass is 248 g/mol. The van der Waals surface area contributed by atoms with E-state index in [2.05, 4.69) is 4.74 Å². The summed E-state index contributed by atoms with van der Waals surface area (Å²) in [5.41, 5.74) is 0.426. The number of aliphatic hydroxyl groups excluding tert-OH is 2. The van der Waals surface area contributed by atoms with Gasteiger partial charge in [0.2, 0.25) is 6.29 Å². The van der Waals surface area contributed by atoms with E-state index in [4.69, 9.17) is 14.6 Å². The van der Waals surface area contributed by atoms with Crippen LogP contribution in [0, 0.1) is 0 Å². The standard InChI is InChI=1S/C11H20O6/c1-3-9(2)11(14)17-10(13)8-16-7-6-15-5-4-12/h3,10,12-13H,4-8H2,1-2H3/b9-3+. The molecule has 0 heterocycles. The summed E-state index contributed by atoms with van der Waals surface area (Å²) in [6.45, 7) is 3.98. The Hall–Kier alpha value is -0.950. The fraction of sp³-hybridized carbons (Fsp3) is 0.727. The summed E-state index contributed by atoms with van der Waals surface area (Å²) in [6, 6.07) is 0. The molecule has 0 amide bonds. The first kappa shape index (κ1) is 16.1. The predicted octanol–water partition coefficient (Wildman–Crippen LogP) is -0.160. The second-order valence-electron chi connectivity index (χ2n) is 3.24. The summed E-state index contributed by atoms with van der Waals surface area (Å²) in [5.74, 6) is -0.569. The third-order valence-corrected chi connectivity index (χ3v) is 1.87. The maximum Gasteiger partial charge on any atom is 0.335 e. The van der Waals surface area contributed by atoms with Crippen molar-refractivity contribution in [1.29, 1.82) is 0 Å². The Morgan fingerprint density at radius 3 is 2.53 bits per heavy atom. The highest BCUT2D eigenvalue weighted by atomic mass is 16.7. The van der Waals surface area contributed by atoms with Crippen molar-refractivity contribution in [3.05, 3.63) is 11.6 Å². The van der Waals surface area contributed by atoms with Crippen molar-refractivity contribution in [3.8, 4) is 0 Å². The minimum absolute atomic E-state index is 0.0388. The Morgan fingerprint density at radius 2 is 1.94 bits per heavy atom. The fourth-order valence-electron chi connectivity index (χ4n) is 0.837. The van der Waals surface area contributed by atoms with Crippen LogP contribution in [0.4, 0.5) is 0 Å². The number of carbonyl (C=O) groups is 1. The molecule has 0 aliphatic heterocycles. The average Bonchev–Trinajstić information content (AvgIpc) is 2.32. The van der Waals surface area contributed by atoms with Crippen LogP contribution in [0.25, 0.3) is 0 Å². The molecule has 0 aromatic carbocycles. The van der Waals surface area contributed by atoms with Crippen LogP contribution in [0.3, 0.4) is 0 Å². The molecule has 1 unspecified atom stereocenters. The Kier molecular flexibility index (Phi) is 9.65. The second-order valence-corrected chi connectivity index (χ2v) is 3.24. The zero-order chi connectivity index (χ0) is 13.1. The van der Waals surface area contributed by atoms with Gasteiger partial charge in [-0.1, -0.05) is 6.08 Å². The molecule has 0 aromatic rings. The Balaban J connectivity index is 3.53. The maximum atomic E-state index is 11.2. The smallest absolute Gasteiger partial charge is 0.335 e. The topological polar surface area (TPSA) is 85.2 Å². The van der Waals surface area contributed by atoms with Crippen LogP contribution in [-0.2, 0) is 19.0 Å². The van der Waals surface area contributed by atoms with Crippen molar-refractivity contribution in [2.75, 3.05) is 33.0 Å². The molecular weight excluding hydrogens is 228 g/mol. The molecule has 6 nitrogen and oxygen atoms in total. The lowest BCUT2D eigenvalue weighted by molar-refractivity contribution is -0.173. The van der Waals surface area contributed by atoms with Crippen LogP contribution in [0.5, 0.6) is 0 Å². The van der Waals surface area contributed by atoms with E-state index in [1.807, 2.05) is 0 Å². The molecular formula is C11H20O6. The van der Waals surface area contributed by atoms with E-state index in [0.717, 1.165) is 0 Å². The van der Waals surface area contributed by atoms with Crippen LogP contribution in [0.1, 0.15) is 13.8 Å². The molecule has 100 valence electrons. The minimum Gasteiger partial charge on any atom is -0.430 e. The minimum atomic E-state index is -1.28. The van der Waals surface area contributed by atoms with Gasteiger partial charge < -0.3 is 24.4 Å². The molecule has 0 spiro atoms. The first-order valence-electron chi connectivity index (χ1n) is 5.40. The normalized spacial score (nSPS) is 13.5. The lowest BCUT2D eigenvalue weighted by Crippen LogP contribution is -2.24. The first-order valence-corrected chi connectivity index (χ1v) is 5.40. The summed E-state index contributed by atoms with van der Waals surface area (Å²) in [4.78, 5) is 11.2. The molecule has 17 heavy (non-hydrogen) atoms. The molecule has 6 heteroatoms. The molecule has 0 saturated carbocycles. The van der Waals surface area contributed by atoms with Crippen LogP contribution in [-0.4, -0.2) is 55.5 Å². The Bertz CT molecular complexity index is 238. The highest BCUT2D eigenvalue weighted by Crippen LogP contribution is 1.99. The number of allylic oxidation sites excluding steroid dienone is 1. The van der Waals surface area contributed by atoms with E-state index in [0.29, 0.717) is 12.2 Å². The SMILES string of the molecule is C/C=C(\C)C(=O)OC(O)COCCOCCO. The molecule has 0 aliphatic rings. The van der Waals surface area contributed by atoms with E-state index in [1.54, 1.807) is 19.9 Å². The van der Waals surface area contributed by atoms with Crippen molar-refractivity contribution >= 4 is 5.97 Å². The maximum absolute atomic E-state index is 11.2. The van der Waals surface area contributed by atoms with Gasteiger partial charge in [0.25, 0.3) is 0 Å². The van der Waals surface area contributed by atoms with Crippen molar-refractivity contribution in [1.82, 2.24) is 0 Å². The van der Waals surface area contributed by atoms with Gasteiger partial charge in [0.15, 0.2) is 0 Å². The van der Waals surface area contributed by atoms with Crippen molar-refractivity contribution < 1.29 is 29.2 Å². The summed E-state index contributed by atoms with van der Waals surface area (Å²) in [6.07, 6.45) is 0.314. The summed E-state index contributed by atoms with van der Waals surface area (Å²) in [5, 5.41) is 17.7. The number of hydrogen-bond donors (Lipinski definition) is 2. The molecule has 0 bridgehead atoms. The van der Waals surface area contributed by atoms with Crippen LogP contribution in [0.2, 0.25) is 0 Å². The first-order chi connectivity index (χ1) is 8.11. The Morgan fingerprint density at radius 1 is 1.29 bits per heavy atom. The van der Waals surface area contributed by atoms with Crippen molar-refractivity contribution in [2.45, 2.75) is 20.1 Å². The highest BCUT2D eigenvalue weighted by Gasteiger charge is 2.11. The molecule has 0 aromatic heterocycles. The number of esters is 1. The molecule has 0 saturated heterocycles. The molecule has 0 radical (unpaired) electrons. The third kappa shape index (κ3) is 8.82. The van der Waals surface area contributed by atoms with Crippen molar-refractivity contribution in [3.63, 3.8) is 0 Å². The van der Waals surface area contributed by atoms with Gasteiger partial charge in [-0.25, -0.2) is 4.79 Å². The number of hydrogen-bond acceptors (Lipinski definition) is 6. The van der Waals surface area contributed by atoms with Crippen LogP contribution < -0.4 is 0 Å². The van der Waals surface area contributed by atoms with Gasteiger partial charge in [-0.3, -0.25) is 0 Å². The average molecular weight is 248 g/mol. The lowest BCUT2D eigenvalue weighted by atomic mass is 10.3. The van der Waals surface area contributed by atoms with Gasteiger partial charge in [0, 0.05) is 5.57 Å².